The summed E-state index contributed by atoms with van der Waals surface area (Å²) in [5.41, 5.74) is 7.78. The van der Waals surface area contributed by atoms with Crippen LogP contribution in [0.25, 0.3) is 0 Å². The van der Waals surface area contributed by atoms with E-state index in [9.17, 15) is 14.9 Å². The molecular weight excluding hydrogens is 392 g/mol. The topological polar surface area (TPSA) is 120 Å². The lowest BCUT2D eigenvalue weighted by Gasteiger charge is -2.25. The van der Waals surface area contributed by atoms with Crippen LogP contribution in [0.5, 0.6) is 0 Å². The van der Waals surface area contributed by atoms with Gasteiger partial charge in [0, 0.05) is 17.9 Å². The number of hydrogen-bond acceptors (Lipinski definition) is 8. The molecule has 0 aromatic heterocycles. The predicted molar refractivity (Wildman–Crippen MR) is 112 cm³/mol. The summed E-state index contributed by atoms with van der Waals surface area (Å²) in [4.78, 5) is 27.8. The van der Waals surface area contributed by atoms with Gasteiger partial charge in [-0.1, -0.05) is 54.2 Å². The molecule has 1 aliphatic rings. The second-order valence-corrected chi connectivity index (χ2v) is 7.10. The Kier molecular flexibility index (Phi) is 6.50. The molecule has 1 heterocycles. The Morgan fingerprint density at radius 3 is 2.72 bits per heavy atom. The van der Waals surface area contributed by atoms with Gasteiger partial charge in [-0.25, -0.2) is 9.79 Å². The second kappa shape index (κ2) is 9.24. The molecule has 0 bridgehead atoms. The van der Waals surface area contributed by atoms with Crippen LogP contribution in [0, 0.1) is 10.1 Å². The summed E-state index contributed by atoms with van der Waals surface area (Å²) < 4.78 is 5.12. The Morgan fingerprint density at radius 2 is 2.03 bits per heavy atom. The van der Waals surface area contributed by atoms with Crippen molar-refractivity contribution in [3.63, 3.8) is 0 Å². The number of carbonyl (C=O) groups excluding carboxylic acids is 1. The zero-order chi connectivity index (χ0) is 20.8. The quantitative estimate of drug-likeness (QED) is 0.424. The molecule has 0 saturated heterocycles. The summed E-state index contributed by atoms with van der Waals surface area (Å²) in [6.07, 6.45) is 0. The number of rotatable bonds is 6. The molecular formula is C20H20N4O4S. The Labute approximate surface area is 172 Å². The van der Waals surface area contributed by atoms with Crippen molar-refractivity contribution < 1.29 is 14.5 Å². The number of ether oxygens (including phenoxy) is 1. The molecule has 0 radical (unpaired) electrons. The minimum atomic E-state index is -0.798. The van der Waals surface area contributed by atoms with E-state index in [0.717, 1.165) is 5.56 Å². The van der Waals surface area contributed by atoms with Crippen molar-refractivity contribution in [3.05, 3.63) is 87.2 Å². The smallest absolute Gasteiger partial charge is 0.340 e. The maximum Gasteiger partial charge on any atom is 0.340 e. The zero-order valence-electron chi connectivity index (χ0n) is 15.7. The van der Waals surface area contributed by atoms with Crippen LogP contribution in [0.2, 0.25) is 0 Å². The highest BCUT2D eigenvalue weighted by atomic mass is 32.2. The van der Waals surface area contributed by atoms with Crippen molar-refractivity contribution in [2.45, 2.75) is 18.7 Å². The molecule has 1 aliphatic heterocycles. The normalized spacial score (nSPS) is 16.0. The van der Waals surface area contributed by atoms with Crippen LogP contribution in [0.1, 0.15) is 24.1 Å². The van der Waals surface area contributed by atoms with Crippen LogP contribution in [0.3, 0.4) is 0 Å². The molecule has 29 heavy (non-hydrogen) atoms. The third-order valence-corrected chi connectivity index (χ3v) is 5.12. The van der Waals surface area contributed by atoms with Gasteiger partial charge in [-0.3, -0.25) is 10.1 Å². The van der Waals surface area contributed by atoms with Crippen molar-refractivity contribution in [2.75, 3.05) is 6.61 Å². The van der Waals surface area contributed by atoms with Crippen molar-refractivity contribution in [3.8, 4) is 0 Å². The van der Waals surface area contributed by atoms with Gasteiger partial charge in [0.2, 0.25) is 0 Å². The first kappa shape index (κ1) is 20.4. The average Bonchev–Trinajstić information content (AvgIpc) is 2.72. The van der Waals surface area contributed by atoms with Crippen molar-refractivity contribution >= 4 is 28.6 Å². The van der Waals surface area contributed by atoms with Gasteiger partial charge < -0.3 is 15.8 Å². The molecule has 150 valence electrons. The minimum Gasteiger partial charge on any atom is -0.462 e. The molecule has 0 amide bonds. The predicted octanol–water partition coefficient (Wildman–Crippen LogP) is 3.26. The summed E-state index contributed by atoms with van der Waals surface area (Å²) in [5.74, 6) is 0.173. The number of hydrogen-bond donors (Lipinski definition) is 2. The highest BCUT2D eigenvalue weighted by Gasteiger charge is 2.32. The van der Waals surface area contributed by atoms with E-state index in [2.05, 4.69) is 10.3 Å². The number of thioether (sulfide) groups is 1. The fourth-order valence-electron chi connectivity index (χ4n) is 2.82. The van der Waals surface area contributed by atoms with Crippen molar-refractivity contribution in [1.29, 1.82) is 0 Å². The SMILES string of the molecule is CCOC(=O)C1=C(N)NC(SCc2ccccc2)=NC1c1cccc([N+](=O)[O-])c1. The first-order chi connectivity index (χ1) is 14.0. The maximum absolute atomic E-state index is 12.5. The van der Waals surface area contributed by atoms with E-state index in [1.165, 1.54) is 23.9 Å². The Bertz CT molecular complexity index is 975. The van der Waals surface area contributed by atoms with Gasteiger partial charge in [0.05, 0.1) is 11.5 Å². The first-order valence-corrected chi connectivity index (χ1v) is 9.90. The molecule has 0 spiro atoms. The zero-order valence-corrected chi connectivity index (χ0v) is 16.5. The first-order valence-electron chi connectivity index (χ1n) is 8.92. The fraction of sp³-hybridized carbons (Fsp3) is 0.200. The summed E-state index contributed by atoms with van der Waals surface area (Å²) >= 11 is 1.43. The van der Waals surface area contributed by atoms with Crippen LogP contribution >= 0.6 is 11.8 Å². The molecule has 3 N–H and O–H groups in total. The highest BCUT2D eigenvalue weighted by molar-refractivity contribution is 8.13. The third kappa shape index (κ3) is 4.94. The van der Waals surface area contributed by atoms with Crippen LogP contribution in [0.4, 0.5) is 5.69 Å². The molecule has 8 nitrogen and oxygen atoms in total. The van der Waals surface area contributed by atoms with Gasteiger partial charge in [-0.2, -0.15) is 0 Å². The number of nitro benzene ring substituents is 1. The molecule has 3 rings (SSSR count). The second-order valence-electron chi connectivity index (χ2n) is 6.14. The molecule has 0 saturated carbocycles. The number of non-ortho nitro benzene ring substituents is 1. The Balaban J connectivity index is 1.94. The van der Waals surface area contributed by atoms with E-state index in [1.54, 1.807) is 19.1 Å². The number of nitrogens with one attached hydrogen (secondary N) is 1. The molecule has 1 unspecified atom stereocenters. The summed E-state index contributed by atoms with van der Waals surface area (Å²) in [5, 5.41) is 14.6. The van der Waals surface area contributed by atoms with Crippen LogP contribution < -0.4 is 11.1 Å². The lowest BCUT2D eigenvalue weighted by atomic mass is 9.97. The van der Waals surface area contributed by atoms with E-state index in [-0.39, 0.29) is 23.7 Å². The summed E-state index contributed by atoms with van der Waals surface area (Å²) in [6.45, 7) is 1.87. The lowest BCUT2D eigenvalue weighted by molar-refractivity contribution is -0.384. The van der Waals surface area contributed by atoms with Gasteiger partial charge in [-0.05, 0) is 18.1 Å². The number of carbonyl (C=O) groups is 1. The van der Waals surface area contributed by atoms with Gasteiger partial charge in [-0.15, -0.1) is 0 Å². The van der Waals surface area contributed by atoms with E-state index in [0.29, 0.717) is 16.5 Å². The summed E-state index contributed by atoms with van der Waals surface area (Å²) in [7, 11) is 0. The number of amidine groups is 1. The number of esters is 1. The Hall–Kier alpha value is -3.33. The van der Waals surface area contributed by atoms with E-state index in [4.69, 9.17) is 10.5 Å². The van der Waals surface area contributed by atoms with Crippen molar-refractivity contribution in [2.24, 2.45) is 10.7 Å². The third-order valence-electron chi connectivity index (χ3n) is 4.16. The molecule has 9 heteroatoms. The Morgan fingerprint density at radius 1 is 1.28 bits per heavy atom. The van der Waals surface area contributed by atoms with Crippen LogP contribution in [-0.2, 0) is 15.3 Å². The number of nitro groups is 1. The number of aliphatic imine (C=N–C) groups is 1. The molecule has 0 aliphatic carbocycles. The van der Waals surface area contributed by atoms with E-state index >= 15 is 0 Å². The number of nitrogens with zero attached hydrogens (tertiary/aromatic N) is 2. The van der Waals surface area contributed by atoms with Crippen LogP contribution in [0.15, 0.2) is 71.0 Å². The van der Waals surface area contributed by atoms with Gasteiger partial charge in [0.25, 0.3) is 5.69 Å². The van der Waals surface area contributed by atoms with E-state index in [1.807, 2.05) is 30.3 Å². The maximum atomic E-state index is 12.5. The van der Waals surface area contributed by atoms with Gasteiger partial charge >= 0.3 is 5.97 Å². The van der Waals surface area contributed by atoms with E-state index < -0.39 is 16.9 Å². The molecule has 0 fully saturated rings. The summed E-state index contributed by atoms with van der Waals surface area (Å²) in [6, 6.07) is 15.1. The number of benzene rings is 2. The largest absolute Gasteiger partial charge is 0.462 e. The minimum absolute atomic E-state index is 0.0866. The fourth-order valence-corrected chi connectivity index (χ4v) is 3.68. The monoisotopic (exact) mass is 412 g/mol. The molecule has 1 atom stereocenters. The van der Waals surface area contributed by atoms with Gasteiger partial charge in [0.15, 0.2) is 5.17 Å². The number of nitrogens with two attached hydrogens (primary N) is 1. The standard InChI is InChI=1S/C20H20N4O4S/c1-2-28-19(25)16-17(14-9-6-10-15(11-14)24(26)27)22-20(23-18(16)21)29-12-13-7-4-3-5-8-13/h3-11,17H,2,12,21H2,1H3,(H,22,23). The molecule has 2 aromatic rings. The lowest BCUT2D eigenvalue weighted by Crippen LogP contribution is -2.35. The average molecular weight is 412 g/mol. The van der Waals surface area contributed by atoms with Crippen molar-refractivity contribution in [1.82, 2.24) is 5.32 Å². The highest BCUT2D eigenvalue weighted by Crippen LogP contribution is 2.33. The van der Waals surface area contributed by atoms with Gasteiger partial charge in [0.1, 0.15) is 17.4 Å². The molecule has 2 aromatic carbocycles. The van der Waals surface area contributed by atoms with Crippen LogP contribution in [-0.4, -0.2) is 22.7 Å².